The molecule has 0 saturated heterocycles. The zero-order chi connectivity index (χ0) is 15.5. The summed E-state index contributed by atoms with van der Waals surface area (Å²) in [6.07, 6.45) is 1.09. The number of aliphatic carboxylic acids is 1. The predicted molar refractivity (Wildman–Crippen MR) is 77.6 cm³/mol. The van der Waals surface area contributed by atoms with Crippen LogP contribution in [0, 0.1) is 6.92 Å². The summed E-state index contributed by atoms with van der Waals surface area (Å²) in [4.78, 5) is 14.6. The van der Waals surface area contributed by atoms with Gasteiger partial charge in [-0.3, -0.25) is 14.5 Å². The first-order valence-corrected chi connectivity index (χ1v) is 7.61. The van der Waals surface area contributed by atoms with Gasteiger partial charge >= 0.3 is 5.97 Å². The number of aromatic nitrogens is 1. The maximum atomic E-state index is 12.2. The van der Waals surface area contributed by atoms with Crippen LogP contribution in [0.4, 0.5) is 5.69 Å². The Morgan fingerprint density at radius 1 is 1.29 bits per heavy atom. The molecule has 0 amide bonds. The van der Waals surface area contributed by atoms with Gasteiger partial charge in [0, 0.05) is 0 Å². The molecule has 0 fully saturated rings. The maximum Gasteiger partial charge on any atom is 0.309 e. The van der Waals surface area contributed by atoms with Gasteiger partial charge in [0.1, 0.15) is 0 Å². The van der Waals surface area contributed by atoms with E-state index in [0.717, 1.165) is 5.56 Å². The molecule has 0 unspecified atom stereocenters. The molecule has 6 nitrogen and oxygen atoms in total. The fourth-order valence-corrected chi connectivity index (χ4v) is 2.89. The van der Waals surface area contributed by atoms with Crippen molar-refractivity contribution in [1.82, 2.24) is 4.98 Å². The third kappa shape index (κ3) is 4.03. The number of hydrogen-bond donors (Lipinski definition) is 2. The quantitative estimate of drug-likeness (QED) is 0.878. The zero-order valence-corrected chi connectivity index (χ0v) is 12.1. The van der Waals surface area contributed by atoms with Gasteiger partial charge in [0.2, 0.25) is 0 Å². The number of aryl methyl sites for hydroxylation is 1. The van der Waals surface area contributed by atoms with E-state index >= 15 is 0 Å². The molecular weight excluding hydrogens is 292 g/mol. The van der Waals surface area contributed by atoms with Crippen molar-refractivity contribution in [3.05, 3.63) is 53.9 Å². The number of hydrogen-bond acceptors (Lipinski definition) is 4. The van der Waals surface area contributed by atoms with Gasteiger partial charge < -0.3 is 5.11 Å². The average molecular weight is 306 g/mol. The Balaban J connectivity index is 2.19. The van der Waals surface area contributed by atoms with Crippen LogP contribution in [0.2, 0.25) is 0 Å². The number of carboxylic acid groups (broad SMARTS) is 1. The van der Waals surface area contributed by atoms with Crippen molar-refractivity contribution in [2.75, 3.05) is 4.72 Å². The minimum Gasteiger partial charge on any atom is -0.481 e. The van der Waals surface area contributed by atoms with Crippen LogP contribution in [-0.2, 0) is 21.2 Å². The molecule has 1 aromatic heterocycles. The van der Waals surface area contributed by atoms with E-state index < -0.39 is 16.0 Å². The summed E-state index contributed by atoms with van der Waals surface area (Å²) in [6, 6.07) is 9.50. The number of nitrogens with one attached hydrogen (secondary N) is 1. The standard InChI is InChI=1S/C14H14N2O4S/c1-10-3-2-4-13(7-10)21(19,20)16-12-6-5-11(15-9-12)8-14(17)18/h2-7,9,16H,8H2,1H3,(H,17,18). The molecule has 21 heavy (non-hydrogen) atoms. The van der Waals surface area contributed by atoms with Crippen LogP contribution in [0.15, 0.2) is 47.5 Å². The lowest BCUT2D eigenvalue weighted by atomic mass is 10.2. The van der Waals surface area contributed by atoms with Gasteiger partial charge in [0.25, 0.3) is 10.0 Å². The molecule has 0 atom stereocenters. The highest BCUT2D eigenvalue weighted by molar-refractivity contribution is 7.92. The van der Waals surface area contributed by atoms with Crippen LogP contribution in [0.5, 0.6) is 0 Å². The molecule has 2 aromatic rings. The van der Waals surface area contributed by atoms with Crippen LogP contribution in [-0.4, -0.2) is 24.5 Å². The van der Waals surface area contributed by atoms with Gasteiger partial charge in [0.15, 0.2) is 0 Å². The first-order valence-electron chi connectivity index (χ1n) is 6.13. The average Bonchev–Trinajstić information content (AvgIpc) is 2.40. The number of carboxylic acids is 1. The van der Waals surface area contributed by atoms with Crippen molar-refractivity contribution in [3.63, 3.8) is 0 Å². The number of anilines is 1. The highest BCUT2D eigenvalue weighted by Gasteiger charge is 2.14. The largest absolute Gasteiger partial charge is 0.481 e. The van der Waals surface area contributed by atoms with E-state index in [0.29, 0.717) is 5.69 Å². The SMILES string of the molecule is Cc1cccc(S(=O)(=O)Nc2ccc(CC(=O)O)nc2)c1. The van der Waals surface area contributed by atoms with Crippen molar-refractivity contribution in [2.24, 2.45) is 0 Å². The highest BCUT2D eigenvalue weighted by atomic mass is 32.2. The number of nitrogens with zero attached hydrogens (tertiary/aromatic N) is 1. The molecule has 1 aromatic carbocycles. The summed E-state index contributed by atoms with van der Waals surface area (Å²) in [5, 5.41) is 8.65. The summed E-state index contributed by atoms with van der Waals surface area (Å²) in [5.41, 5.74) is 1.49. The number of benzene rings is 1. The fourth-order valence-electron chi connectivity index (χ4n) is 1.74. The molecule has 2 rings (SSSR count). The molecule has 110 valence electrons. The Morgan fingerprint density at radius 3 is 2.62 bits per heavy atom. The minimum absolute atomic E-state index is 0.164. The molecule has 2 N–H and O–H groups in total. The van der Waals surface area contributed by atoms with Crippen molar-refractivity contribution in [1.29, 1.82) is 0 Å². The molecule has 0 radical (unpaired) electrons. The first-order chi connectivity index (χ1) is 9.87. The lowest BCUT2D eigenvalue weighted by Gasteiger charge is -2.08. The van der Waals surface area contributed by atoms with Gasteiger partial charge in [-0.05, 0) is 36.8 Å². The summed E-state index contributed by atoms with van der Waals surface area (Å²) < 4.78 is 26.8. The molecule has 0 aliphatic rings. The molecule has 0 spiro atoms. The van der Waals surface area contributed by atoms with Crippen LogP contribution >= 0.6 is 0 Å². The predicted octanol–water partition coefficient (Wildman–Crippen LogP) is 1.82. The molecule has 0 bridgehead atoms. The van der Waals surface area contributed by atoms with Gasteiger partial charge in [-0.15, -0.1) is 0 Å². The summed E-state index contributed by atoms with van der Waals surface area (Å²) in [5.74, 6) is -0.990. The second-order valence-corrected chi connectivity index (χ2v) is 6.21. The second kappa shape index (κ2) is 5.92. The normalized spacial score (nSPS) is 11.1. The zero-order valence-electron chi connectivity index (χ0n) is 11.3. The third-order valence-electron chi connectivity index (χ3n) is 2.71. The molecule has 1 heterocycles. The highest BCUT2D eigenvalue weighted by Crippen LogP contribution is 2.16. The Bertz CT molecular complexity index is 755. The topological polar surface area (TPSA) is 96.4 Å². The second-order valence-electron chi connectivity index (χ2n) is 4.53. The molecule has 7 heteroatoms. The van der Waals surface area contributed by atoms with E-state index in [9.17, 15) is 13.2 Å². The van der Waals surface area contributed by atoms with Crippen LogP contribution < -0.4 is 4.72 Å². The van der Waals surface area contributed by atoms with Crippen molar-refractivity contribution >= 4 is 21.7 Å². The van der Waals surface area contributed by atoms with Gasteiger partial charge in [-0.2, -0.15) is 0 Å². The maximum absolute atomic E-state index is 12.2. The van der Waals surface area contributed by atoms with Crippen LogP contribution in [0.1, 0.15) is 11.3 Å². The van der Waals surface area contributed by atoms with E-state index in [-0.39, 0.29) is 17.0 Å². The lowest BCUT2D eigenvalue weighted by Crippen LogP contribution is -2.13. The summed E-state index contributed by atoms with van der Waals surface area (Å²) >= 11 is 0. The van der Waals surface area contributed by atoms with Gasteiger partial charge in [-0.25, -0.2) is 8.42 Å². The smallest absolute Gasteiger partial charge is 0.309 e. The Labute approximate surface area is 122 Å². The molecule has 0 aliphatic carbocycles. The number of carbonyl (C=O) groups is 1. The number of pyridine rings is 1. The molecule has 0 aliphatic heterocycles. The van der Waals surface area contributed by atoms with Crippen molar-refractivity contribution in [2.45, 2.75) is 18.2 Å². The van der Waals surface area contributed by atoms with Crippen LogP contribution in [0.3, 0.4) is 0 Å². The first kappa shape index (κ1) is 15.0. The Morgan fingerprint density at radius 2 is 2.05 bits per heavy atom. The van der Waals surface area contributed by atoms with Gasteiger partial charge in [-0.1, -0.05) is 12.1 Å². The van der Waals surface area contributed by atoms with E-state index in [1.165, 1.54) is 24.4 Å². The number of sulfonamides is 1. The summed E-state index contributed by atoms with van der Waals surface area (Å²) in [6.45, 7) is 1.81. The van der Waals surface area contributed by atoms with Crippen molar-refractivity contribution < 1.29 is 18.3 Å². The van der Waals surface area contributed by atoms with E-state index in [1.807, 2.05) is 0 Å². The Hall–Kier alpha value is -2.41. The lowest BCUT2D eigenvalue weighted by molar-refractivity contribution is -0.136. The molecular formula is C14H14N2O4S. The van der Waals surface area contributed by atoms with E-state index in [4.69, 9.17) is 5.11 Å². The molecule has 0 saturated carbocycles. The fraction of sp³-hybridized carbons (Fsp3) is 0.143. The number of rotatable bonds is 5. The van der Waals surface area contributed by atoms with E-state index in [2.05, 4.69) is 9.71 Å². The monoisotopic (exact) mass is 306 g/mol. The Kier molecular flexibility index (Phi) is 4.23. The van der Waals surface area contributed by atoms with E-state index in [1.54, 1.807) is 25.1 Å². The van der Waals surface area contributed by atoms with Crippen LogP contribution in [0.25, 0.3) is 0 Å². The van der Waals surface area contributed by atoms with Crippen molar-refractivity contribution in [3.8, 4) is 0 Å². The third-order valence-corrected chi connectivity index (χ3v) is 4.09. The van der Waals surface area contributed by atoms with Gasteiger partial charge in [0.05, 0.1) is 28.9 Å². The minimum atomic E-state index is -3.68. The summed E-state index contributed by atoms with van der Waals surface area (Å²) in [7, 11) is -3.68.